The molecule has 22 heavy (non-hydrogen) atoms. The van der Waals surface area contributed by atoms with E-state index in [-0.39, 0.29) is 6.61 Å². The Bertz CT molecular complexity index is 814. The van der Waals surface area contributed by atoms with Crippen LogP contribution in [0.1, 0.15) is 0 Å². The Morgan fingerprint density at radius 2 is 2.05 bits per heavy atom. The zero-order valence-corrected chi connectivity index (χ0v) is 12.0. The van der Waals surface area contributed by atoms with E-state index in [9.17, 15) is 4.79 Å². The van der Waals surface area contributed by atoms with Gasteiger partial charge in [0.2, 0.25) is 5.89 Å². The van der Waals surface area contributed by atoms with Gasteiger partial charge in [-0.15, -0.1) is 0 Å². The normalized spacial score (nSPS) is 10.6. The molecule has 0 fully saturated rings. The van der Waals surface area contributed by atoms with Crippen LogP contribution in [0.5, 0.6) is 5.75 Å². The highest BCUT2D eigenvalue weighted by atomic mass is 35.5. The Hall–Kier alpha value is -2.57. The second-order valence-electron chi connectivity index (χ2n) is 4.48. The molecule has 0 saturated carbocycles. The summed E-state index contributed by atoms with van der Waals surface area (Å²) in [5.41, 5.74) is 3.60. The summed E-state index contributed by atoms with van der Waals surface area (Å²) < 4.78 is 10.8. The summed E-state index contributed by atoms with van der Waals surface area (Å²) in [5, 5.41) is 8.98. The lowest BCUT2D eigenvalue weighted by molar-refractivity contribution is -0.131. The summed E-state index contributed by atoms with van der Waals surface area (Å²) in [6.45, 7) is -0.267. The van der Waals surface area contributed by atoms with Crippen LogP contribution in [0.25, 0.3) is 22.6 Å². The fourth-order valence-electron chi connectivity index (χ4n) is 1.90. The van der Waals surface area contributed by atoms with Crippen molar-refractivity contribution < 1.29 is 19.2 Å². The monoisotopic (exact) mass is 318 g/mol. The highest BCUT2D eigenvalue weighted by Gasteiger charge is 2.09. The molecule has 1 amide bonds. The number of oxazole rings is 1. The van der Waals surface area contributed by atoms with Crippen LogP contribution in [0, 0.1) is 0 Å². The van der Waals surface area contributed by atoms with Crippen molar-refractivity contribution in [3.8, 4) is 17.2 Å². The minimum Gasteiger partial charge on any atom is -0.484 e. The van der Waals surface area contributed by atoms with Gasteiger partial charge in [0.1, 0.15) is 11.3 Å². The number of hydrogen-bond acceptors (Lipinski definition) is 5. The van der Waals surface area contributed by atoms with Crippen LogP contribution in [0.2, 0.25) is 5.02 Å². The summed E-state index contributed by atoms with van der Waals surface area (Å²) in [6.07, 6.45) is 0. The van der Waals surface area contributed by atoms with Crippen molar-refractivity contribution >= 4 is 28.6 Å². The van der Waals surface area contributed by atoms with Crippen molar-refractivity contribution in [3.05, 3.63) is 47.5 Å². The minimum absolute atomic E-state index is 0.267. The number of nitrogens with one attached hydrogen (secondary N) is 1. The molecule has 0 spiro atoms. The molecule has 0 aliphatic heterocycles. The molecule has 3 aromatic rings. The number of carbonyl (C=O) groups is 1. The molecule has 2 N–H and O–H groups in total. The third-order valence-electron chi connectivity index (χ3n) is 2.95. The maximum Gasteiger partial charge on any atom is 0.281 e. The number of benzene rings is 2. The third-order valence-corrected chi connectivity index (χ3v) is 3.18. The van der Waals surface area contributed by atoms with E-state index >= 15 is 0 Å². The molecule has 0 unspecified atom stereocenters. The first-order chi connectivity index (χ1) is 10.7. The summed E-state index contributed by atoms with van der Waals surface area (Å²) >= 11 is 5.92. The molecule has 7 heteroatoms. The summed E-state index contributed by atoms with van der Waals surface area (Å²) in [6, 6.07) is 12.1. The van der Waals surface area contributed by atoms with Gasteiger partial charge in [-0.25, -0.2) is 10.5 Å². The number of fused-ring (bicyclic) bond motifs is 1. The van der Waals surface area contributed by atoms with E-state index in [2.05, 4.69) is 4.98 Å². The van der Waals surface area contributed by atoms with Crippen molar-refractivity contribution in [2.45, 2.75) is 0 Å². The van der Waals surface area contributed by atoms with Crippen molar-refractivity contribution in [1.82, 2.24) is 10.5 Å². The van der Waals surface area contributed by atoms with E-state index in [1.807, 2.05) is 0 Å². The van der Waals surface area contributed by atoms with Crippen LogP contribution in [-0.4, -0.2) is 22.7 Å². The lowest BCUT2D eigenvalue weighted by atomic mass is 10.2. The highest BCUT2D eigenvalue weighted by Crippen LogP contribution is 2.27. The highest BCUT2D eigenvalue weighted by molar-refractivity contribution is 6.31. The predicted molar refractivity (Wildman–Crippen MR) is 79.9 cm³/mol. The van der Waals surface area contributed by atoms with Crippen LogP contribution in [0.15, 0.2) is 46.9 Å². The molecule has 0 aliphatic carbocycles. The number of hydroxylamine groups is 1. The molecule has 0 aliphatic rings. The standard InChI is InChI=1S/C15H11ClN2O4/c16-10-3-6-13-12(7-10)17-15(22-13)9-1-4-11(5-2-9)21-8-14(19)18-20/h1-7,20H,8H2,(H,18,19). The van der Waals surface area contributed by atoms with E-state index in [0.29, 0.717) is 27.8 Å². The average Bonchev–Trinajstić information content (AvgIpc) is 2.96. The molecule has 3 rings (SSSR count). The van der Waals surface area contributed by atoms with E-state index in [1.54, 1.807) is 42.5 Å². The second-order valence-corrected chi connectivity index (χ2v) is 4.92. The molecular weight excluding hydrogens is 308 g/mol. The molecule has 0 radical (unpaired) electrons. The lowest BCUT2D eigenvalue weighted by Gasteiger charge is -2.04. The van der Waals surface area contributed by atoms with Crippen LogP contribution in [0.4, 0.5) is 0 Å². The smallest absolute Gasteiger partial charge is 0.281 e. The maximum atomic E-state index is 10.9. The Morgan fingerprint density at radius 3 is 2.77 bits per heavy atom. The molecular formula is C15H11ClN2O4. The second kappa shape index (κ2) is 6.05. The average molecular weight is 319 g/mol. The van der Waals surface area contributed by atoms with Gasteiger partial charge in [-0.2, -0.15) is 0 Å². The molecule has 0 saturated heterocycles. The van der Waals surface area contributed by atoms with Crippen LogP contribution < -0.4 is 10.2 Å². The first-order valence-corrected chi connectivity index (χ1v) is 6.76. The van der Waals surface area contributed by atoms with Gasteiger partial charge >= 0.3 is 0 Å². The number of aromatic nitrogens is 1. The Balaban J connectivity index is 1.80. The van der Waals surface area contributed by atoms with E-state index in [0.717, 1.165) is 5.56 Å². The maximum absolute atomic E-state index is 10.9. The number of amides is 1. The molecule has 1 heterocycles. The zero-order chi connectivity index (χ0) is 15.5. The van der Waals surface area contributed by atoms with Crippen molar-refractivity contribution in [1.29, 1.82) is 0 Å². The SMILES string of the molecule is O=C(COc1ccc(-c2nc3cc(Cl)ccc3o2)cc1)NO. The van der Waals surface area contributed by atoms with E-state index in [1.165, 1.54) is 5.48 Å². The van der Waals surface area contributed by atoms with E-state index < -0.39 is 5.91 Å². The van der Waals surface area contributed by atoms with Crippen LogP contribution >= 0.6 is 11.6 Å². The zero-order valence-electron chi connectivity index (χ0n) is 11.2. The summed E-state index contributed by atoms with van der Waals surface area (Å²) in [7, 11) is 0. The number of carbonyl (C=O) groups excluding carboxylic acids is 1. The molecule has 2 aromatic carbocycles. The lowest BCUT2D eigenvalue weighted by Crippen LogP contribution is -2.25. The minimum atomic E-state index is -0.625. The molecule has 0 atom stereocenters. The largest absolute Gasteiger partial charge is 0.484 e. The van der Waals surface area contributed by atoms with Crippen molar-refractivity contribution in [2.24, 2.45) is 0 Å². The Kier molecular flexibility index (Phi) is 3.95. The van der Waals surface area contributed by atoms with Crippen molar-refractivity contribution in [3.63, 3.8) is 0 Å². The fraction of sp³-hybridized carbons (Fsp3) is 0.0667. The number of ether oxygens (including phenoxy) is 1. The van der Waals surface area contributed by atoms with Gasteiger partial charge in [-0.1, -0.05) is 11.6 Å². The quantitative estimate of drug-likeness (QED) is 0.570. The van der Waals surface area contributed by atoms with E-state index in [4.69, 9.17) is 26.0 Å². The number of halogens is 1. The van der Waals surface area contributed by atoms with Crippen molar-refractivity contribution in [2.75, 3.05) is 6.61 Å². The number of hydrogen-bond donors (Lipinski definition) is 2. The molecule has 112 valence electrons. The summed E-state index contributed by atoms with van der Waals surface area (Å²) in [4.78, 5) is 15.3. The van der Waals surface area contributed by atoms with Gasteiger partial charge in [0.15, 0.2) is 12.2 Å². The van der Waals surface area contributed by atoms with Gasteiger partial charge in [-0.3, -0.25) is 10.0 Å². The molecule has 1 aromatic heterocycles. The van der Waals surface area contributed by atoms with Gasteiger partial charge < -0.3 is 9.15 Å². The van der Waals surface area contributed by atoms with Gasteiger partial charge in [0.05, 0.1) is 0 Å². The fourth-order valence-corrected chi connectivity index (χ4v) is 2.07. The van der Waals surface area contributed by atoms with Gasteiger partial charge in [0.25, 0.3) is 5.91 Å². The van der Waals surface area contributed by atoms with Crippen LogP contribution in [-0.2, 0) is 4.79 Å². The van der Waals surface area contributed by atoms with Crippen LogP contribution in [0.3, 0.4) is 0 Å². The predicted octanol–water partition coefficient (Wildman–Crippen LogP) is 3.03. The molecule has 0 bridgehead atoms. The topological polar surface area (TPSA) is 84.6 Å². The van der Waals surface area contributed by atoms with Gasteiger partial charge in [-0.05, 0) is 42.5 Å². The number of rotatable bonds is 4. The Labute approximate surface area is 130 Å². The molecule has 6 nitrogen and oxygen atoms in total. The number of nitrogens with zero attached hydrogens (tertiary/aromatic N) is 1. The third kappa shape index (κ3) is 3.03. The van der Waals surface area contributed by atoms with Gasteiger partial charge in [0, 0.05) is 10.6 Å². The summed E-state index contributed by atoms with van der Waals surface area (Å²) in [5.74, 6) is 0.336. The first-order valence-electron chi connectivity index (χ1n) is 6.38. The first kappa shape index (κ1) is 14.4. The Morgan fingerprint density at radius 1 is 1.27 bits per heavy atom.